The highest BCUT2D eigenvalue weighted by molar-refractivity contribution is 9.10. The Balaban J connectivity index is 2.09. The predicted octanol–water partition coefficient (Wildman–Crippen LogP) is 2.72. The topological polar surface area (TPSA) is 72.9 Å². The minimum absolute atomic E-state index is 0.0302. The van der Waals surface area contributed by atoms with Gasteiger partial charge in [-0.1, -0.05) is 28.1 Å². The third-order valence-corrected chi connectivity index (χ3v) is 4.99. The first kappa shape index (κ1) is 18.7. The zero-order valence-corrected chi connectivity index (χ0v) is 16.4. The largest absolute Gasteiger partial charge is 0.351 e. The van der Waals surface area contributed by atoms with Gasteiger partial charge < -0.3 is 11.1 Å². The van der Waals surface area contributed by atoms with Crippen molar-refractivity contribution in [2.75, 3.05) is 0 Å². The fourth-order valence-corrected chi connectivity index (χ4v) is 3.04. The number of carbonyl (C=O) groups is 1. The second-order valence-electron chi connectivity index (χ2n) is 6.56. The van der Waals surface area contributed by atoms with Crippen molar-refractivity contribution in [2.45, 2.75) is 45.7 Å². The summed E-state index contributed by atoms with van der Waals surface area (Å²) in [7, 11) is 1.93. The molecular formula is C18H25BrN4O. The van der Waals surface area contributed by atoms with Gasteiger partial charge in [0, 0.05) is 23.3 Å². The molecule has 0 saturated heterocycles. The second-order valence-corrected chi connectivity index (χ2v) is 7.48. The smallest absolute Gasteiger partial charge is 0.244 e. The van der Waals surface area contributed by atoms with Gasteiger partial charge in [-0.2, -0.15) is 5.10 Å². The van der Waals surface area contributed by atoms with E-state index in [1.807, 2.05) is 56.8 Å². The maximum absolute atomic E-state index is 12.7. The van der Waals surface area contributed by atoms with Crippen molar-refractivity contribution in [1.29, 1.82) is 0 Å². The highest BCUT2D eigenvalue weighted by atomic mass is 79.9. The van der Waals surface area contributed by atoms with Crippen molar-refractivity contribution >= 4 is 21.8 Å². The van der Waals surface area contributed by atoms with Crippen molar-refractivity contribution in [1.82, 2.24) is 15.1 Å². The van der Waals surface area contributed by atoms with Crippen LogP contribution in [0.1, 0.15) is 36.4 Å². The summed E-state index contributed by atoms with van der Waals surface area (Å²) in [6.07, 6.45) is 0.730. The minimum Gasteiger partial charge on any atom is -0.351 e. The molecule has 0 aliphatic carbocycles. The maximum atomic E-state index is 12.7. The number of hydrogen-bond donors (Lipinski definition) is 2. The van der Waals surface area contributed by atoms with E-state index in [2.05, 4.69) is 26.3 Å². The number of nitrogens with two attached hydrogens (primary N) is 1. The van der Waals surface area contributed by atoms with E-state index in [1.165, 1.54) is 5.56 Å². The Bertz CT molecular complexity index is 734. The van der Waals surface area contributed by atoms with Crippen LogP contribution in [0.15, 0.2) is 28.7 Å². The first-order valence-electron chi connectivity index (χ1n) is 7.98. The van der Waals surface area contributed by atoms with E-state index in [0.29, 0.717) is 0 Å². The second kappa shape index (κ2) is 7.07. The van der Waals surface area contributed by atoms with Gasteiger partial charge in [0.25, 0.3) is 0 Å². The van der Waals surface area contributed by atoms with E-state index in [1.54, 1.807) is 6.92 Å². The molecule has 6 heteroatoms. The summed E-state index contributed by atoms with van der Waals surface area (Å²) in [4.78, 5) is 12.7. The molecule has 2 unspecified atom stereocenters. The fraction of sp³-hybridized carbons (Fsp3) is 0.444. The van der Waals surface area contributed by atoms with Gasteiger partial charge in [-0.05, 0) is 57.4 Å². The molecule has 2 aromatic rings. The van der Waals surface area contributed by atoms with Crippen molar-refractivity contribution in [2.24, 2.45) is 12.8 Å². The molecule has 1 aromatic heterocycles. The first-order chi connectivity index (χ1) is 11.1. The molecule has 0 aliphatic rings. The molecule has 0 spiro atoms. The van der Waals surface area contributed by atoms with Crippen molar-refractivity contribution in [3.63, 3.8) is 0 Å². The van der Waals surface area contributed by atoms with Crippen LogP contribution in [0.25, 0.3) is 0 Å². The maximum Gasteiger partial charge on any atom is 0.244 e. The Morgan fingerprint density at radius 2 is 1.96 bits per heavy atom. The van der Waals surface area contributed by atoms with Gasteiger partial charge in [0.2, 0.25) is 5.91 Å². The van der Waals surface area contributed by atoms with Crippen LogP contribution in [0, 0.1) is 13.8 Å². The number of benzene rings is 1. The molecule has 0 saturated carbocycles. The van der Waals surface area contributed by atoms with Gasteiger partial charge in [0.15, 0.2) is 0 Å². The first-order valence-corrected chi connectivity index (χ1v) is 8.77. The van der Waals surface area contributed by atoms with Crippen molar-refractivity contribution in [3.8, 4) is 0 Å². The van der Waals surface area contributed by atoms with Crippen molar-refractivity contribution < 1.29 is 4.79 Å². The lowest BCUT2D eigenvalue weighted by Gasteiger charge is -2.26. The Kier molecular flexibility index (Phi) is 5.50. The van der Waals surface area contributed by atoms with Crippen LogP contribution >= 0.6 is 15.9 Å². The minimum atomic E-state index is -1.08. The number of carbonyl (C=O) groups excluding carboxylic acids is 1. The Hall–Kier alpha value is -1.66. The average molecular weight is 393 g/mol. The summed E-state index contributed by atoms with van der Waals surface area (Å²) in [5.41, 5.74) is 9.30. The number of halogens is 1. The number of rotatable bonds is 5. The third-order valence-electron chi connectivity index (χ3n) is 4.46. The summed E-state index contributed by atoms with van der Waals surface area (Å²) in [6, 6.07) is 7.48. The number of nitrogens with one attached hydrogen (secondary N) is 1. The molecule has 130 valence electrons. The Morgan fingerprint density at radius 1 is 1.38 bits per heavy atom. The van der Waals surface area contributed by atoms with Gasteiger partial charge in [-0.15, -0.1) is 0 Å². The molecule has 1 amide bonds. The van der Waals surface area contributed by atoms with E-state index < -0.39 is 5.54 Å². The summed E-state index contributed by atoms with van der Waals surface area (Å²) in [5, 5.41) is 7.45. The zero-order valence-electron chi connectivity index (χ0n) is 14.9. The molecular weight excluding hydrogens is 368 g/mol. The fourth-order valence-electron chi connectivity index (χ4n) is 2.77. The molecule has 1 heterocycles. The molecule has 24 heavy (non-hydrogen) atoms. The highest BCUT2D eigenvalue weighted by Gasteiger charge is 2.31. The summed E-state index contributed by atoms with van der Waals surface area (Å²) in [6.45, 7) is 7.75. The van der Waals surface area contributed by atoms with E-state index in [4.69, 9.17) is 5.73 Å². The number of nitrogens with zero attached hydrogens (tertiary/aromatic N) is 2. The molecule has 0 fully saturated rings. The molecule has 5 nitrogen and oxygen atoms in total. The highest BCUT2D eigenvalue weighted by Crippen LogP contribution is 2.21. The molecule has 0 radical (unpaired) electrons. The molecule has 2 rings (SSSR count). The Labute approximate surface area is 151 Å². The molecule has 2 atom stereocenters. The molecule has 1 aromatic carbocycles. The number of aromatic nitrogens is 2. The van der Waals surface area contributed by atoms with Gasteiger partial charge in [-0.25, -0.2) is 0 Å². The summed E-state index contributed by atoms with van der Waals surface area (Å²) >= 11 is 3.39. The zero-order chi connectivity index (χ0) is 18.1. The number of amides is 1. The van der Waals surface area contributed by atoms with E-state index in [9.17, 15) is 4.79 Å². The summed E-state index contributed by atoms with van der Waals surface area (Å²) in [5.74, 6) is -0.184. The lowest BCUT2D eigenvalue weighted by atomic mass is 9.91. The van der Waals surface area contributed by atoms with E-state index in [-0.39, 0.29) is 11.9 Å². The quantitative estimate of drug-likeness (QED) is 0.821. The van der Waals surface area contributed by atoms with Crippen LogP contribution in [-0.2, 0) is 23.8 Å². The standard InChI is InChI=1S/C18H25BrN4O/c1-11(10-16-12(2)22-23(5)13(16)3)21-17(24)18(4,20)14-6-8-15(19)9-7-14/h6-9,11H,10,20H2,1-5H3,(H,21,24). The van der Waals surface area contributed by atoms with Crippen LogP contribution in [0.3, 0.4) is 0 Å². The number of aryl methyl sites for hydroxylation is 2. The molecule has 0 aliphatic heterocycles. The van der Waals surface area contributed by atoms with Crippen LogP contribution < -0.4 is 11.1 Å². The molecule has 0 bridgehead atoms. The average Bonchev–Trinajstić information content (AvgIpc) is 2.74. The van der Waals surface area contributed by atoms with Gasteiger partial charge >= 0.3 is 0 Å². The van der Waals surface area contributed by atoms with E-state index in [0.717, 1.165) is 27.8 Å². The van der Waals surface area contributed by atoms with Gasteiger partial charge in [-0.3, -0.25) is 9.48 Å². The lowest BCUT2D eigenvalue weighted by Crippen LogP contribution is -2.51. The van der Waals surface area contributed by atoms with Crippen LogP contribution in [-0.4, -0.2) is 21.7 Å². The van der Waals surface area contributed by atoms with Crippen molar-refractivity contribution in [3.05, 3.63) is 51.3 Å². The van der Waals surface area contributed by atoms with E-state index >= 15 is 0 Å². The normalized spacial score (nSPS) is 15.0. The van der Waals surface area contributed by atoms with Gasteiger partial charge in [0.1, 0.15) is 5.54 Å². The molecule has 3 N–H and O–H groups in total. The SMILES string of the molecule is Cc1nn(C)c(C)c1CC(C)NC(=O)C(C)(N)c1ccc(Br)cc1. The Morgan fingerprint density at radius 3 is 2.46 bits per heavy atom. The third kappa shape index (κ3) is 3.87. The van der Waals surface area contributed by atoms with Crippen LogP contribution in [0.5, 0.6) is 0 Å². The predicted molar refractivity (Wildman–Crippen MR) is 99.7 cm³/mol. The lowest BCUT2D eigenvalue weighted by molar-refractivity contribution is -0.126. The van der Waals surface area contributed by atoms with Crippen LogP contribution in [0.2, 0.25) is 0 Å². The van der Waals surface area contributed by atoms with Crippen LogP contribution in [0.4, 0.5) is 0 Å². The van der Waals surface area contributed by atoms with Gasteiger partial charge in [0.05, 0.1) is 5.69 Å². The summed E-state index contributed by atoms with van der Waals surface area (Å²) < 4.78 is 2.83. The monoisotopic (exact) mass is 392 g/mol. The number of hydrogen-bond acceptors (Lipinski definition) is 3.